The first-order valence-electron chi connectivity index (χ1n) is 3.51. The molecule has 0 aromatic carbocycles. The van der Waals surface area contributed by atoms with Gasteiger partial charge in [-0.25, -0.2) is 4.79 Å². The van der Waals surface area contributed by atoms with Gasteiger partial charge in [0.15, 0.2) is 0 Å². The van der Waals surface area contributed by atoms with Gasteiger partial charge in [0.05, 0.1) is 6.54 Å². The summed E-state index contributed by atoms with van der Waals surface area (Å²) in [5.41, 5.74) is -0.443. The molecular weight excluding hydrogens is 269 g/mol. The van der Waals surface area contributed by atoms with E-state index in [1.807, 2.05) is 43.4 Å². The summed E-state index contributed by atoms with van der Waals surface area (Å²) >= 11 is 1.91. The Labute approximate surface area is 86.4 Å². The molecule has 0 aliphatic carbocycles. The number of hydrogen-bond acceptors (Lipinski definition) is 2. The Morgan fingerprint density at radius 1 is 1.58 bits per heavy atom. The lowest BCUT2D eigenvalue weighted by atomic mass is 10.2. The van der Waals surface area contributed by atoms with Crippen molar-refractivity contribution < 1.29 is 9.53 Å². The molecule has 3 nitrogen and oxygen atoms in total. The van der Waals surface area contributed by atoms with Crippen LogP contribution < -0.4 is 5.32 Å². The number of alkyl carbamates (subject to hydrolysis) is 1. The minimum Gasteiger partial charge on any atom is -0.444 e. The summed E-state index contributed by atoms with van der Waals surface area (Å²) < 4.78 is 7.60. The monoisotopic (exact) mass is 281 g/mol. The molecule has 0 bridgehead atoms. The molecule has 12 heavy (non-hydrogen) atoms. The van der Waals surface area contributed by atoms with Crippen LogP contribution in [0, 0.1) is 9.85 Å². The number of carbonyl (C=O) groups is 1. The van der Waals surface area contributed by atoms with Crippen LogP contribution in [-0.4, -0.2) is 18.2 Å². The van der Waals surface area contributed by atoms with Crippen LogP contribution in [-0.2, 0) is 4.74 Å². The molecule has 1 amide bonds. The van der Waals surface area contributed by atoms with Crippen molar-refractivity contribution in [1.82, 2.24) is 5.32 Å². The average molecular weight is 281 g/mol. The second kappa shape index (κ2) is 5.25. The molecule has 1 N–H and O–H groups in total. The molecule has 0 saturated carbocycles. The van der Waals surface area contributed by atoms with Crippen molar-refractivity contribution in [2.24, 2.45) is 0 Å². The molecule has 0 aliphatic rings. The fraction of sp³-hybridized carbons (Fsp3) is 0.625. The average Bonchev–Trinajstić information content (AvgIpc) is 1.84. The highest BCUT2D eigenvalue weighted by Crippen LogP contribution is 2.05. The maximum Gasteiger partial charge on any atom is 0.408 e. The molecule has 0 atom stereocenters. The van der Waals surface area contributed by atoms with E-state index < -0.39 is 11.7 Å². The van der Waals surface area contributed by atoms with Crippen LogP contribution in [0.5, 0.6) is 0 Å². The highest BCUT2D eigenvalue weighted by atomic mass is 127. The van der Waals surface area contributed by atoms with E-state index in [1.54, 1.807) is 0 Å². The number of nitrogens with one attached hydrogen (secondary N) is 1. The summed E-state index contributed by atoms with van der Waals surface area (Å²) in [6.07, 6.45) is -0.429. The molecule has 4 heteroatoms. The zero-order valence-corrected chi connectivity index (χ0v) is 9.56. The molecule has 0 fully saturated rings. The first-order chi connectivity index (χ1) is 5.45. The quantitative estimate of drug-likeness (QED) is 0.589. The minimum absolute atomic E-state index is 0.331. The van der Waals surface area contributed by atoms with Crippen molar-refractivity contribution in [2.75, 3.05) is 6.54 Å². The zero-order chi connectivity index (χ0) is 9.61. The second-order valence-corrected chi connectivity index (χ2v) is 3.67. The van der Waals surface area contributed by atoms with Crippen LogP contribution in [0.2, 0.25) is 0 Å². The summed E-state index contributed by atoms with van der Waals surface area (Å²) in [7, 11) is 0. The van der Waals surface area contributed by atoms with Crippen LogP contribution in [0.4, 0.5) is 4.79 Å². The van der Waals surface area contributed by atoms with Gasteiger partial charge in [0.2, 0.25) is 0 Å². The maximum absolute atomic E-state index is 10.9. The first kappa shape index (κ1) is 11.6. The lowest BCUT2D eigenvalue weighted by molar-refractivity contribution is 0.0535. The van der Waals surface area contributed by atoms with Gasteiger partial charge in [-0.15, -0.1) is 0 Å². The van der Waals surface area contributed by atoms with Gasteiger partial charge in [0.1, 0.15) is 5.60 Å². The second-order valence-electron chi connectivity index (χ2n) is 3.13. The van der Waals surface area contributed by atoms with Crippen molar-refractivity contribution in [3.05, 3.63) is 0 Å². The Balaban J connectivity index is 3.66. The van der Waals surface area contributed by atoms with E-state index in [-0.39, 0.29) is 0 Å². The van der Waals surface area contributed by atoms with Gasteiger partial charge in [-0.05, 0) is 24.7 Å². The van der Waals surface area contributed by atoms with Crippen molar-refractivity contribution >= 4 is 28.7 Å². The number of hydrogen-bond donors (Lipinski definition) is 1. The smallest absolute Gasteiger partial charge is 0.408 e. The van der Waals surface area contributed by atoms with Crippen LogP contribution in [0.3, 0.4) is 0 Å². The van der Waals surface area contributed by atoms with Crippen LogP contribution in [0.25, 0.3) is 0 Å². The van der Waals surface area contributed by atoms with Gasteiger partial charge >= 0.3 is 6.09 Å². The molecule has 0 aromatic heterocycles. The molecule has 0 radical (unpaired) electrons. The Hall–Kier alpha value is -0.440. The zero-order valence-electron chi connectivity index (χ0n) is 7.40. The topological polar surface area (TPSA) is 38.3 Å². The Kier molecular flexibility index (Phi) is 5.06. The van der Waals surface area contributed by atoms with Gasteiger partial charge in [-0.2, -0.15) is 0 Å². The van der Waals surface area contributed by atoms with E-state index in [9.17, 15) is 4.79 Å². The third-order valence-electron chi connectivity index (χ3n) is 0.787. The normalized spacial score (nSPS) is 9.67. The van der Waals surface area contributed by atoms with Crippen molar-refractivity contribution in [1.29, 1.82) is 0 Å². The summed E-state index contributed by atoms with van der Waals surface area (Å²) in [4.78, 5) is 10.9. The van der Waals surface area contributed by atoms with Crippen molar-refractivity contribution in [3.8, 4) is 9.85 Å². The Bertz CT molecular complexity index is 209. The summed E-state index contributed by atoms with van der Waals surface area (Å²) in [5, 5.41) is 2.50. The van der Waals surface area contributed by atoms with E-state index in [2.05, 4.69) is 15.2 Å². The minimum atomic E-state index is -0.443. The summed E-state index contributed by atoms with van der Waals surface area (Å²) in [5.74, 6) is 2.69. The van der Waals surface area contributed by atoms with E-state index in [0.29, 0.717) is 6.54 Å². The fourth-order valence-electron chi connectivity index (χ4n) is 0.464. The maximum atomic E-state index is 10.9. The molecule has 0 heterocycles. The highest BCUT2D eigenvalue weighted by molar-refractivity contribution is 14.1. The molecule has 0 aromatic rings. The predicted molar refractivity (Wildman–Crippen MR) is 56.0 cm³/mol. The summed E-state index contributed by atoms with van der Waals surface area (Å²) in [6.45, 7) is 5.78. The van der Waals surface area contributed by atoms with Crippen LogP contribution in [0.1, 0.15) is 20.8 Å². The number of ether oxygens (including phenoxy) is 1. The third kappa shape index (κ3) is 7.66. The van der Waals surface area contributed by atoms with E-state index in [4.69, 9.17) is 4.74 Å². The molecule has 0 aliphatic heterocycles. The van der Waals surface area contributed by atoms with Crippen molar-refractivity contribution in [3.63, 3.8) is 0 Å². The molecule has 0 rings (SSSR count). The molecule has 0 unspecified atom stereocenters. The number of halogens is 1. The molecular formula is C8H12INO2. The predicted octanol–water partition coefficient (Wildman–Crippen LogP) is 1.91. The van der Waals surface area contributed by atoms with Gasteiger partial charge < -0.3 is 10.1 Å². The molecule has 0 spiro atoms. The largest absolute Gasteiger partial charge is 0.444 e. The fourth-order valence-corrected chi connectivity index (χ4v) is 0.655. The van der Waals surface area contributed by atoms with Gasteiger partial charge in [-0.1, -0.05) is 5.92 Å². The number of amides is 1. The first-order valence-corrected chi connectivity index (χ1v) is 4.59. The van der Waals surface area contributed by atoms with Gasteiger partial charge in [0, 0.05) is 22.6 Å². The SMILES string of the molecule is CC(C)(C)OC(=O)NCC#CI. The number of carbonyl (C=O) groups excluding carboxylic acids is 1. The van der Waals surface area contributed by atoms with Crippen LogP contribution in [0.15, 0.2) is 0 Å². The van der Waals surface area contributed by atoms with Crippen molar-refractivity contribution in [2.45, 2.75) is 26.4 Å². The third-order valence-corrected chi connectivity index (χ3v) is 1.17. The Morgan fingerprint density at radius 2 is 2.17 bits per heavy atom. The standard InChI is InChI=1S/C8H12INO2/c1-8(2,3)12-7(11)10-6-4-5-9/h6H2,1-3H3,(H,10,11). The van der Waals surface area contributed by atoms with E-state index >= 15 is 0 Å². The lowest BCUT2D eigenvalue weighted by Gasteiger charge is -2.18. The summed E-state index contributed by atoms with van der Waals surface area (Å²) in [6, 6.07) is 0. The van der Waals surface area contributed by atoms with Crippen LogP contribution >= 0.6 is 22.6 Å². The molecule has 0 saturated heterocycles. The van der Waals surface area contributed by atoms with Gasteiger partial charge in [-0.3, -0.25) is 0 Å². The number of rotatable bonds is 1. The van der Waals surface area contributed by atoms with Gasteiger partial charge in [0.25, 0.3) is 0 Å². The van der Waals surface area contributed by atoms with E-state index in [0.717, 1.165) is 0 Å². The Morgan fingerprint density at radius 3 is 2.58 bits per heavy atom. The van der Waals surface area contributed by atoms with E-state index in [1.165, 1.54) is 0 Å². The lowest BCUT2D eigenvalue weighted by Crippen LogP contribution is -2.32. The molecule has 68 valence electrons. The highest BCUT2D eigenvalue weighted by Gasteiger charge is 2.14.